The third-order valence-electron chi connectivity index (χ3n) is 2.59. The fourth-order valence-electron chi connectivity index (χ4n) is 1.87. The number of benzene rings is 1. The molecule has 14 heavy (non-hydrogen) atoms. The van der Waals surface area contributed by atoms with Gasteiger partial charge < -0.3 is 4.90 Å². The highest BCUT2D eigenvalue weighted by Gasteiger charge is 2.16. The number of aryl methyl sites for hydroxylation is 2. The van der Waals surface area contributed by atoms with Crippen LogP contribution in [0.3, 0.4) is 0 Å². The maximum atomic E-state index is 2.38. The van der Waals surface area contributed by atoms with Crippen LogP contribution in [0, 0.1) is 13.8 Å². The van der Waals surface area contributed by atoms with E-state index in [4.69, 9.17) is 0 Å². The highest BCUT2D eigenvalue weighted by Crippen LogP contribution is 2.33. The molecule has 1 heterocycles. The van der Waals surface area contributed by atoms with Gasteiger partial charge >= 0.3 is 0 Å². The van der Waals surface area contributed by atoms with Gasteiger partial charge in [-0.2, -0.15) is 0 Å². The Balaban J connectivity index is 2.46. The fourth-order valence-corrected chi connectivity index (χ4v) is 2.79. The standard InChI is InChI=1S/C12H15NS/c1-9-5-4-6-10(2)12(9)13-8-14-7-11(13)3/h4-7H,8H2,1-3H3. The normalized spacial score (nSPS) is 15.9. The molecule has 1 aromatic rings. The summed E-state index contributed by atoms with van der Waals surface area (Å²) >= 11 is 1.87. The van der Waals surface area contributed by atoms with Gasteiger partial charge in [0.05, 0.1) is 5.88 Å². The predicted molar refractivity (Wildman–Crippen MR) is 64.6 cm³/mol. The molecule has 0 N–H and O–H groups in total. The van der Waals surface area contributed by atoms with Gasteiger partial charge in [0.25, 0.3) is 0 Å². The molecule has 0 bridgehead atoms. The lowest BCUT2D eigenvalue weighted by atomic mass is 10.1. The van der Waals surface area contributed by atoms with Gasteiger partial charge in [0, 0.05) is 11.4 Å². The SMILES string of the molecule is CC1=CSCN1c1c(C)cccc1C. The van der Waals surface area contributed by atoms with Gasteiger partial charge in [-0.05, 0) is 37.3 Å². The van der Waals surface area contributed by atoms with Crippen molar-refractivity contribution in [2.24, 2.45) is 0 Å². The van der Waals surface area contributed by atoms with Gasteiger partial charge in [-0.3, -0.25) is 0 Å². The second-order valence-electron chi connectivity index (χ2n) is 3.72. The summed E-state index contributed by atoms with van der Waals surface area (Å²) in [5.41, 5.74) is 5.46. The molecule has 0 unspecified atom stereocenters. The third-order valence-corrected chi connectivity index (χ3v) is 3.51. The lowest BCUT2D eigenvalue weighted by Crippen LogP contribution is -2.18. The van der Waals surface area contributed by atoms with Crippen LogP contribution in [0.15, 0.2) is 29.3 Å². The van der Waals surface area contributed by atoms with E-state index in [1.165, 1.54) is 22.5 Å². The Labute approximate surface area is 89.8 Å². The largest absolute Gasteiger partial charge is 0.334 e. The summed E-state index contributed by atoms with van der Waals surface area (Å²) in [6.07, 6.45) is 0. The summed E-state index contributed by atoms with van der Waals surface area (Å²) in [4.78, 5) is 2.38. The van der Waals surface area contributed by atoms with Crippen molar-refractivity contribution in [3.8, 4) is 0 Å². The molecule has 74 valence electrons. The molecule has 2 rings (SSSR count). The Hall–Kier alpha value is -0.890. The fraction of sp³-hybridized carbons (Fsp3) is 0.333. The van der Waals surface area contributed by atoms with E-state index in [2.05, 4.69) is 49.3 Å². The first-order chi connectivity index (χ1) is 6.70. The molecular formula is C12H15NS. The van der Waals surface area contributed by atoms with Gasteiger partial charge in [0.1, 0.15) is 0 Å². The summed E-state index contributed by atoms with van der Waals surface area (Å²) < 4.78 is 0. The van der Waals surface area contributed by atoms with E-state index in [0.717, 1.165) is 5.88 Å². The van der Waals surface area contributed by atoms with Crippen molar-refractivity contribution >= 4 is 17.4 Å². The van der Waals surface area contributed by atoms with Crippen molar-refractivity contribution < 1.29 is 0 Å². The molecule has 2 heteroatoms. The summed E-state index contributed by atoms with van der Waals surface area (Å²) in [5.74, 6) is 1.05. The van der Waals surface area contributed by atoms with Gasteiger partial charge in [-0.15, -0.1) is 11.8 Å². The molecule has 0 amide bonds. The van der Waals surface area contributed by atoms with Crippen LogP contribution in [0.5, 0.6) is 0 Å². The topological polar surface area (TPSA) is 3.24 Å². The molecule has 0 atom stereocenters. The summed E-state index contributed by atoms with van der Waals surface area (Å²) in [7, 11) is 0. The molecule has 0 radical (unpaired) electrons. The van der Waals surface area contributed by atoms with Crippen molar-refractivity contribution in [3.63, 3.8) is 0 Å². The first kappa shape index (κ1) is 9.66. The van der Waals surface area contributed by atoms with Gasteiger partial charge in [0.2, 0.25) is 0 Å². The van der Waals surface area contributed by atoms with E-state index in [-0.39, 0.29) is 0 Å². The first-order valence-electron chi connectivity index (χ1n) is 4.82. The summed E-state index contributed by atoms with van der Waals surface area (Å²) in [6, 6.07) is 6.48. The smallest absolute Gasteiger partial charge is 0.0726 e. The van der Waals surface area contributed by atoms with Crippen LogP contribution in [0.25, 0.3) is 0 Å². The van der Waals surface area contributed by atoms with E-state index in [1.807, 2.05) is 11.8 Å². The number of nitrogens with zero attached hydrogens (tertiary/aromatic N) is 1. The molecule has 0 fully saturated rings. The Morgan fingerprint density at radius 2 is 1.79 bits per heavy atom. The molecule has 0 aromatic heterocycles. The van der Waals surface area contributed by atoms with Crippen LogP contribution in [-0.4, -0.2) is 5.88 Å². The van der Waals surface area contributed by atoms with E-state index in [1.54, 1.807) is 0 Å². The molecule has 1 aromatic carbocycles. The lowest BCUT2D eigenvalue weighted by Gasteiger charge is -2.23. The average molecular weight is 205 g/mol. The maximum Gasteiger partial charge on any atom is 0.0726 e. The van der Waals surface area contributed by atoms with E-state index < -0.39 is 0 Å². The monoisotopic (exact) mass is 205 g/mol. The molecule has 1 aliphatic heterocycles. The molecule has 0 saturated heterocycles. The predicted octanol–water partition coefficient (Wildman–Crippen LogP) is 3.68. The van der Waals surface area contributed by atoms with Crippen molar-refractivity contribution in [3.05, 3.63) is 40.4 Å². The Kier molecular flexibility index (Phi) is 2.55. The van der Waals surface area contributed by atoms with Crippen LogP contribution >= 0.6 is 11.8 Å². The Morgan fingerprint density at radius 1 is 1.14 bits per heavy atom. The van der Waals surface area contributed by atoms with Gasteiger partial charge in [0.15, 0.2) is 0 Å². The second kappa shape index (κ2) is 3.70. The highest BCUT2D eigenvalue weighted by atomic mass is 32.2. The van der Waals surface area contributed by atoms with Crippen LogP contribution in [0.1, 0.15) is 18.1 Å². The number of anilines is 1. The number of rotatable bonds is 1. The zero-order valence-electron chi connectivity index (χ0n) is 8.87. The van der Waals surface area contributed by atoms with Crippen LogP contribution in [-0.2, 0) is 0 Å². The molecule has 1 aliphatic rings. The van der Waals surface area contributed by atoms with E-state index in [0.29, 0.717) is 0 Å². The zero-order valence-corrected chi connectivity index (χ0v) is 9.69. The van der Waals surface area contributed by atoms with Crippen molar-refractivity contribution in [1.29, 1.82) is 0 Å². The van der Waals surface area contributed by atoms with E-state index in [9.17, 15) is 0 Å². The first-order valence-corrected chi connectivity index (χ1v) is 5.87. The maximum absolute atomic E-state index is 2.38. The minimum atomic E-state index is 1.05. The van der Waals surface area contributed by atoms with Crippen LogP contribution in [0.2, 0.25) is 0 Å². The van der Waals surface area contributed by atoms with E-state index >= 15 is 0 Å². The van der Waals surface area contributed by atoms with Crippen LogP contribution in [0.4, 0.5) is 5.69 Å². The summed E-state index contributed by atoms with van der Waals surface area (Å²) in [5, 5.41) is 2.23. The number of allylic oxidation sites excluding steroid dienone is 1. The summed E-state index contributed by atoms with van der Waals surface area (Å²) in [6.45, 7) is 6.53. The zero-order chi connectivity index (χ0) is 10.1. The Morgan fingerprint density at radius 3 is 2.29 bits per heavy atom. The Bertz CT molecular complexity index is 362. The van der Waals surface area contributed by atoms with Crippen molar-refractivity contribution in [2.75, 3.05) is 10.8 Å². The van der Waals surface area contributed by atoms with Crippen molar-refractivity contribution in [1.82, 2.24) is 0 Å². The molecule has 0 aliphatic carbocycles. The van der Waals surface area contributed by atoms with Crippen molar-refractivity contribution in [2.45, 2.75) is 20.8 Å². The molecule has 0 saturated carbocycles. The van der Waals surface area contributed by atoms with Gasteiger partial charge in [-0.25, -0.2) is 0 Å². The second-order valence-corrected chi connectivity index (χ2v) is 4.55. The highest BCUT2D eigenvalue weighted by molar-refractivity contribution is 8.02. The minimum absolute atomic E-state index is 1.05. The lowest BCUT2D eigenvalue weighted by molar-refractivity contribution is 1.06. The number of hydrogen-bond acceptors (Lipinski definition) is 2. The number of hydrogen-bond donors (Lipinski definition) is 0. The van der Waals surface area contributed by atoms with Crippen LogP contribution < -0.4 is 4.90 Å². The molecule has 1 nitrogen and oxygen atoms in total. The van der Waals surface area contributed by atoms with Gasteiger partial charge in [-0.1, -0.05) is 18.2 Å². The quantitative estimate of drug-likeness (QED) is 0.688. The average Bonchev–Trinajstić information content (AvgIpc) is 2.52. The molecule has 0 spiro atoms. The third kappa shape index (κ3) is 1.55. The molecular weight excluding hydrogens is 190 g/mol. The number of thioether (sulfide) groups is 1. The minimum Gasteiger partial charge on any atom is -0.334 e. The number of para-hydroxylation sites is 1.